The first-order chi connectivity index (χ1) is 16.4. The maximum Gasteiger partial charge on any atom is 0.414 e. The Kier molecular flexibility index (Phi) is 7.32. The van der Waals surface area contributed by atoms with Crippen LogP contribution in [0.1, 0.15) is 25.8 Å². The van der Waals surface area contributed by atoms with Crippen molar-refractivity contribution in [3.8, 4) is 11.1 Å². The number of halogens is 1. The highest BCUT2D eigenvalue weighted by Crippen LogP contribution is 2.29. The van der Waals surface area contributed by atoms with Gasteiger partial charge in [-0.2, -0.15) is 0 Å². The van der Waals surface area contributed by atoms with Crippen molar-refractivity contribution in [1.29, 1.82) is 0 Å². The van der Waals surface area contributed by atoms with Gasteiger partial charge < -0.3 is 26.0 Å². The smallest absolute Gasteiger partial charge is 0.414 e. The van der Waals surface area contributed by atoms with Crippen LogP contribution in [0.4, 0.5) is 14.9 Å². The molecule has 0 spiro atoms. The van der Waals surface area contributed by atoms with Crippen LogP contribution in [-0.4, -0.2) is 43.9 Å². The average Bonchev–Trinajstić information content (AvgIpc) is 3.44. The molecule has 2 aliphatic rings. The predicted octanol–water partition coefficient (Wildman–Crippen LogP) is 2.81. The molecule has 4 rings (SSSR count). The molecule has 2 atom stereocenters. The summed E-state index contributed by atoms with van der Waals surface area (Å²) >= 11 is 0. The van der Waals surface area contributed by atoms with Crippen LogP contribution in [-0.2, 0) is 16.1 Å². The van der Waals surface area contributed by atoms with Gasteiger partial charge >= 0.3 is 6.09 Å². The Morgan fingerprint density at radius 1 is 1.21 bits per heavy atom. The highest BCUT2D eigenvalue weighted by atomic mass is 19.1. The Morgan fingerprint density at radius 2 is 2.00 bits per heavy atom. The summed E-state index contributed by atoms with van der Waals surface area (Å²) < 4.78 is 20.2. The van der Waals surface area contributed by atoms with Gasteiger partial charge in [-0.05, 0) is 35.7 Å². The van der Waals surface area contributed by atoms with Gasteiger partial charge in [0.25, 0.3) is 0 Å². The number of rotatable bonds is 9. The van der Waals surface area contributed by atoms with E-state index in [1.807, 2.05) is 30.5 Å². The quantitative estimate of drug-likeness (QED) is 0.453. The zero-order valence-corrected chi connectivity index (χ0v) is 19.4. The molecule has 9 heteroatoms. The highest BCUT2D eigenvalue weighted by molar-refractivity contribution is 5.90. The summed E-state index contributed by atoms with van der Waals surface area (Å²) in [7, 11) is 0. The second kappa shape index (κ2) is 10.6. The van der Waals surface area contributed by atoms with Gasteiger partial charge in [0.2, 0.25) is 5.91 Å². The lowest BCUT2D eigenvalue weighted by molar-refractivity contribution is -0.119. The van der Waals surface area contributed by atoms with Crippen molar-refractivity contribution in [3.63, 3.8) is 0 Å². The second-order valence-electron chi connectivity index (χ2n) is 8.46. The average molecular weight is 468 g/mol. The van der Waals surface area contributed by atoms with Gasteiger partial charge in [-0.1, -0.05) is 31.2 Å². The summed E-state index contributed by atoms with van der Waals surface area (Å²) in [6.07, 6.45) is 2.30. The number of ether oxygens (including phenoxy) is 1. The first kappa shape index (κ1) is 23.6. The van der Waals surface area contributed by atoms with Crippen molar-refractivity contribution in [1.82, 2.24) is 21.3 Å². The summed E-state index contributed by atoms with van der Waals surface area (Å²) in [5.74, 6) is -0.615. The molecule has 2 heterocycles. The molecule has 2 amide bonds. The lowest BCUT2D eigenvalue weighted by atomic mass is 10.0. The van der Waals surface area contributed by atoms with Crippen LogP contribution in [0.2, 0.25) is 0 Å². The Morgan fingerprint density at radius 3 is 2.68 bits per heavy atom. The number of nitrogens with one attached hydrogen (secondary N) is 4. The normalized spacial score (nSPS) is 19.3. The molecular weight excluding hydrogens is 437 g/mol. The van der Waals surface area contributed by atoms with Crippen LogP contribution in [0.5, 0.6) is 0 Å². The molecule has 0 bridgehead atoms. The van der Waals surface area contributed by atoms with Crippen molar-refractivity contribution in [2.75, 3.05) is 24.5 Å². The number of hydrogen-bond acceptors (Lipinski definition) is 6. The molecule has 0 aromatic heterocycles. The van der Waals surface area contributed by atoms with Crippen LogP contribution in [0.25, 0.3) is 11.1 Å². The molecule has 1 saturated heterocycles. The summed E-state index contributed by atoms with van der Waals surface area (Å²) in [4.78, 5) is 24.6. The third kappa shape index (κ3) is 5.66. The van der Waals surface area contributed by atoms with Crippen LogP contribution in [0.15, 0.2) is 54.4 Å². The molecule has 2 aromatic carbocycles. The number of carbonyl (C=O) groups is 2. The molecule has 1 fully saturated rings. The van der Waals surface area contributed by atoms with Gasteiger partial charge in [-0.15, -0.1) is 0 Å². The molecule has 0 radical (unpaired) electrons. The van der Waals surface area contributed by atoms with Gasteiger partial charge in [-0.3, -0.25) is 9.69 Å². The van der Waals surface area contributed by atoms with E-state index in [1.54, 1.807) is 12.1 Å². The largest absolute Gasteiger partial charge is 0.442 e. The second-order valence-corrected chi connectivity index (χ2v) is 8.46. The molecule has 2 aromatic rings. The molecule has 1 unspecified atom stereocenters. The van der Waals surface area contributed by atoms with Gasteiger partial charge in [0.1, 0.15) is 11.9 Å². The topological polar surface area (TPSA) is 94.7 Å². The molecule has 4 N–H and O–H groups in total. The van der Waals surface area contributed by atoms with E-state index >= 15 is 0 Å². The van der Waals surface area contributed by atoms with E-state index in [2.05, 4.69) is 28.2 Å². The van der Waals surface area contributed by atoms with E-state index in [1.165, 1.54) is 17.9 Å². The summed E-state index contributed by atoms with van der Waals surface area (Å²) in [5.41, 5.74) is 3.88. The minimum Gasteiger partial charge on any atom is -0.442 e. The third-order valence-corrected chi connectivity index (χ3v) is 5.85. The van der Waals surface area contributed by atoms with E-state index in [-0.39, 0.29) is 19.0 Å². The lowest BCUT2D eigenvalue weighted by Gasteiger charge is -2.15. The Bertz CT molecular complexity index is 1070. The molecule has 0 aliphatic carbocycles. The van der Waals surface area contributed by atoms with Crippen LogP contribution >= 0.6 is 0 Å². The van der Waals surface area contributed by atoms with Gasteiger partial charge in [0, 0.05) is 37.5 Å². The van der Waals surface area contributed by atoms with E-state index < -0.39 is 18.0 Å². The number of nitrogens with zero attached hydrogens (tertiary/aromatic N) is 1. The Labute approximate surface area is 198 Å². The lowest BCUT2D eigenvalue weighted by Crippen LogP contribution is -2.33. The molecule has 8 nitrogen and oxygen atoms in total. The van der Waals surface area contributed by atoms with E-state index in [9.17, 15) is 14.0 Å². The number of carbonyl (C=O) groups excluding carboxylic acids is 2. The summed E-state index contributed by atoms with van der Waals surface area (Å²) in [5, 5.41) is 12.7. The fourth-order valence-electron chi connectivity index (χ4n) is 3.98. The zero-order chi connectivity index (χ0) is 24.1. The summed E-state index contributed by atoms with van der Waals surface area (Å²) in [6.45, 7) is 5.44. The highest BCUT2D eigenvalue weighted by Gasteiger charge is 2.32. The minimum atomic E-state index is -0.552. The maximum atomic E-state index is 14.9. The molecule has 180 valence electrons. The fraction of sp³-hybridized carbons (Fsp3) is 0.360. The van der Waals surface area contributed by atoms with Crippen molar-refractivity contribution < 1.29 is 18.7 Å². The zero-order valence-electron chi connectivity index (χ0n) is 19.4. The molecule has 0 saturated carbocycles. The third-order valence-electron chi connectivity index (χ3n) is 5.85. The minimum absolute atomic E-state index is 0.197. The summed E-state index contributed by atoms with van der Waals surface area (Å²) in [6, 6.07) is 12.5. The van der Waals surface area contributed by atoms with Crippen LogP contribution in [0, 0.1) is 5.82 Å². The van der Waals surface area contributed by atoms with Gasteiger partial charge in [0.15, 0.2) is 0 Å². The Balaban J connectivity index is 1.34. The molecule has 2 aliphatic heterocycles. The van der Waals surface area contributed by atoms with Crippen molar-refractivity contribution in [2.45, 2.75) is 39.1 Å². The first-order valence-corrected chi connectivity index (χ1v) is 11.5. The number of anilines is 1. The van der Waals surface area contributed by atoms with E-state index in [4.69, 9.17) is 4.74 Å². The first-order valence-electron chi connectivity index (χ1n) is 11.5. The number of hydrogen-bond donors (Lipinski definition) is 4. The number of benzene rings is 2. The van der Waals surface area contributed by atoms with Crippen molar-refractivity contribution in [2.24, 2.45) is 0 Å². The maximum absolute atomic E-state index is 14.9. The van der Waals surface area contributed by atoms with E-state index in [0.29, 0.717) is 24.0 Å². The standard InChI is InChI=1S/C25H30FN5O3/c1-3-24-29-13-19(30-24)12-27-11-17-4-6-18(7-5-17)22-9-8-20(10-23(22)26)31-15-21(34-25(31)33)14-28-16(2)32/h4-10,13,21,24,27,29-30H,3,11-12,14-15H2,1-2H3,(H,28,32)/t21-,24?/m0/s1. The van der Waals surface area contributed by atoms with Crippen molar-refractivity contribution in [3.05, 3.63) is 65.7 Å². The Hall–Kier alpha value is -3.59. The fourth-order valence-corrected chi connectivity index (χ4v) is 3.98. The van der Waals surface area contributed by atoms with E-state index in [0.717, 1.165) is 29.8 Å². The predicted molar refractivity (Wildman–Crippen MR) is 128 cm³/mol. The van der Waals surface area contributed by atoms with Crippen molar-refractivity contribution >= 4 is 17.7 Å². The van der Waals surface area contributed by atoms with Crippen LogP contribution in [0.3, 0.4) is 0 Å². The SMILES string of the molecule is CCC1NC=C(CNCc2ccc(-c3ccc(N4C[C@H](CNC(C)=O)OC4=O)cc3F)cc2)N1. The molecule has 34 heavy (non-hydrogen) atoms. The van der Waals surface area contributed by atoms with Gasteiger partial charge in [-0.25, -0.2) is 9.18 Å². The monoisotopic (exact) mass is 467 g/mol. The molecular formula is C25H30FN5O3. The number of cyclic esters (lactones) is 1. The van der Waals surface area contributed by atoms with Crippen LogP contribution < -0.4 is 26.2 Å². The van der Waals surface area contributed by atoms with Gasteiger partial charge in [0.05, 0.1) is 24.9 Å². The number of amides is 2.